The van der Waals surface area contributed by atoms with Gasteiger partial charge in [-0.1, -0.05) is 54.4 Å². The Bertz CT molecular complexity index is 1430. The van der Waals surface area contributed by atoms with E-state index in [0.29, 0.717) is 29.3 Å². The van der Waals surface area contributed by atoms with Crippen LogP contribution in [-0.2, 0) is 6.54 Å². The number of benzene rings is 2. The fourth-order valence-electron chi connectivity index (χ4n) is 4.80. The topological polar surface area (TPSA) is 89.3 Å². The summed E-state index contributed by atoms with van der Waals surface area (Å²) in [7, 11) is 0. The molecule has 0 radical (unpaired) electrons. The van der Waals surface area contributed by atoms with Crippen molar-refractivity contribution in [3.05, 3.63) is 71.3 Å². The average molecular weight is 507 g/mol. The molecule has 5 rings (SSSR count). The standard InChI is InChI=1S/C28H28F2N4O3/c1-16-5-3-8-21(13-16)23-14-22-24(34(23)15-18-9-11-20(12-10-18)25(29)30)26(31-17(2)19-6-4-7-19)33-27(32-22)37-28(35)36/h3,5,8-14,17,19,25H,4,6-7,15H2,1-2H3,(H,35,36)(H,31,32,33)/t17-/m1/s1. The number of nitrogens with zero attached hydrogens (tertiary/aromatic N) is 3. The van der Waals surface area contributed by atoms with Crippen molar-refractivity contribution in [3.8, 4) is 17.3 Å². The van der Waals surface area contributed by atoms with Gasteiger partial charge in [0.15, 0.2) is 5.82 Å². The van der Waals surface area contributed by atoms with Gasteiger partial charge in [0.1, 0.15) is 5.52 Å². The van der Waals surface area contributed by atoms with Gasteiger partial charge >= 0.3 is 12.2 Å². The molecule has 0 saturated heterocycles. The highest BCUT2D eigenvalue weighted by atomic mass is 19.3. The number of hydrogen-bond donors (Lipinski definition) is 2. The average Bonchev–Trinajstić information content (AvgIpc) is 3.16. The molecule has 2 aromatic heterocycles. The van der Waals surface area contributed by atoms with Crippen LogP contribution in [0.5, 0.6) is 6.01 Å². The Morgan fingerprint density at radius 2 is 1.92 bits per heavy atom. The summed E-state index contributed by atoms with van der Waals surface area (Å²) in [5, 5.41) is 12.7. The van der Waals surface area contributed by atoms with E-state index in [1.165, 1.54) is 18.6 Å². The fraction of sp³-hybridized carbons (Fsp3) is 0.321. The van der Waals surface area contributed by atoms with Crippen LogP contribution in [0.15, 0.2) is 54.6 Å². The SMILES string of the molecule is Cc1cccc(-c2cc3nc(OC(=O)O)nc(N[C@H](C)C4CCC4)c3n2Cc2ccc(C(F)F)cc2)c1. The summed E-state index contributed by atoms with van der Waals surface area (Å²) in [4.78, 5) is 20.1. The molecule has 0 unspecified atom stereocenters. The van der Waals surface area contributed by atoms with Gasteiger partial charge in [0.25, 0.3) is 6.43 Å². The Balaban J connectivity index is 1.67. The molecule has 37 heavy (non-hydrogen) atoms. The number of alkyl halides is 2. The Morgan fingerprint density at radius 1 is 1.16 bits per heavy atom. The molecule has 1 saturated carbocycles. The Kier molecular flexibility index (Phi) is 6.78. The lowest BCUT2D eigenvalue weighted by Gasteiger charge is -2.32. The highest BCUT2D eigenvalue weighted by Crippen LogP contribution is 2.36. The summed E-state index contributed by atoms with van der Waals surface area (Å²) in [6, 6.07) is 16.0. The van der Waals surface area contributed by atoms with Crippen LogP contribution in [0.1, 0.15) is 49.3 Å². The van der Waals surface area contributed by atoms with Gasteiger partial charge in [0, 0.05) is 18.2 Å². The van der Waals surface area contributed by atoms with E-state index >= 15 is 0 Å². The molecule has 1 fully saturated rings. The van der Waals surface area contributed by atoms with Crippen molar-refractivity contribution < 1.29 is 23.4 Å². The molecular formula is C28H28F2N4O3. The highest BCUT2D eigenvalue weighted by molar-refractivity contribution is 5.92. The molecule has 0 aliphatic heterocycles. The number of carboxylic acid groups (broad SMARTS) is 1. The smallest absolute Gasteiger partial charge is 0.449 e. The van der Waals surface area contributed by atoms with Gasteiger partial charge in [-0.2, -0.15) is 9.97 Å². The minimum Gasteiger partial charge on any atom is -0.449 e. The molecule has 1 aliphatic carbocycles. The quantitative estimate of drug-likeness (QED) is 0.249. The summed E-state index contributed by atoms with van der Waals surface area (Å²) in [5.74, 6) is 0.971. The van der Waals surface area contributed by atoms with E-state index in [1.807, 2.05) is 35.8 Å². The van der Waals surface area contributed by atoms with Crippen LogP contribution in [0.2, 0.25) is 0 Å². The monoisotopic (exact) mass is 506 g/mol. The van der Waals surface area contributed by atoms with Crippen molar-refractivity contribution in [1.29, 1.82) is 0 Å². The maximum Gasteiger partial charge on any atom is 0.513 e. The lowest BCUT2D eigenvalue weighted by atomic mass is 9.80. The van der Waals surface area contributed by atoms with Gasteiger partial charge in [0.05, 0.1) is 11.2 Å². The van der Waals surface area contributed by atoms with Gasteiger partial charge < -0.3 is 19.7 Å². The number of aromatic nitrogens is 3. The number of halogens is 2. The molecule has 2 aromatic carbocycles. The van der Waals surface area contributed by atoms with Crippen molar-refractivity contribution in [2.24, 2.45) is 5.92 Å². The van der Waals surface area contributed by atoms with E-state index in [9.17, 15) is 18.7 Å². The number of ether oxygens (including phenoxy) is 1. The summed E-state index contributed by atoms with van der Waals surface area (Å²) in [6.45, 7) is 4.48. The van der Waals surface area contributed by atoms with Crippen LogP contribution in [0.25, 0.3) is 22.3 Å². The van der Waals surface area contributed by atoms with Crippen LogP contribution in [-0.4, -0.2) is 31.8 Å². The molecule has 1 atom stereocenters. The molecule has 192 valence electrons. The predicted octanol–water partition coefficient (Wildman–Crippen LogP) is 7.05. The fourth-order valence-corrected chi connectivity index (χ4v) is 4.80. The molecule has 1 aliphatic rings. The molecule has 0 bridgehead atoms. The van der Waals surface area contributed by atoms with Crippen LogP contribution < -0.4 is 10.1 Å². The molecule has 9 heteroatoms. The maximum atomic E-state index is 13.1. The van der Waals surface area contributed by atoms with Gasteiger partial charge in [-0.05, 0) is 55.9 Å². The van der Waals surface area contributed by atoms with Crippen molar-refractivity contribution in [2.75, 3.05) is 5.32 Å². The summed E-state index contributed by atoms with van der Waals surface area (Å²) in [6.07, 6.45) is -0.602. The molecule has 0 amide bonds. The third-order valence-corrected chi connectivity index (χ3v) is 7.01. The Labute approximate surface area is 213 Å². The van der Waals surface area contributed by atoms with Crippen molar-refractivity contribution >= 4 is 23.0 Å². The second-order valence-corrected chi connectivity index (χ2v) is 9.61. The largest absolute Gasteiger partial charge is 0.513 e. The number of nitrogens with one attached hydrogen (secondary N) is 1. The van der Waals surface area contributed by atoms with Crippen molar-refractivity contribution in [2.45, 2.75) is 52.1 Å². The first-order chi connectivity index (χ1) is 17.8. The zero-order chi connectivity index (χ0) is 26.1. The first-order valence-corrected chi connectivity index (χ1v) is 12.3. The first kappa shape index (κ1) is 24.7. The summed E-state index contributed by atoms with van der Waals surface area (Å²) in [5.41, 5.74) is 4.89. The Hall–Kier alpha value is -4.01. The highest BCUT2D eigenvalue weighted by Gasteiger charge is 2.26. The van der Waals surface area contributed by atoms with Crippen molar-refractivity contribution in [3.63, 3.8) is 0 Å². The van der Waals surface area contributed by atoms with E-state index in [-0.39, 0.29) is 17.6 Å². The molecular weight excluding hydrogens is 478 g/mol. The second kappa shape index (κ2) is 10.2. The van der Waals surface area contributed by atoms with E-state index < -0.39 is 12.6 Å². The van der Waals surface area contributed by atoms with Gasteiger partial charge in [0.2, 0.25) is 0 Å². The zero-order valence-corrected chi connectivity index (χ0v) is 20.6. The summed E-state index contributed by atoms with van der Waals surface area (Å²) >= 11 is 0. The second-order valence-electron chi connectivity index (χ2n) is 9.61. The van der Waals surface area contributed by atoms with Crippen molar-refractivity contribution in [1.82, 2.24) is 14.5 Å². The molecule has 7 nitrogen and oxygen atoms in total. The molecule has 4 aromatic rings. The third kappa shape index (κ3) is 5.26. The maximum absolute atomic E-state index is 13.1. The van der Waals surface area contributed by atoms with Crippen LogP contribution in [0.4, 0.5) is 19.4 Å². The van der Waals surface area contributed by atoms with E-state index in [2.05, 4.69) is 28.3 Å². The number of carbonyl (C=O) groups is 1. The van der Waals surface area contributed by atoms with Gasteiger partial charge in [-0.3, -0.25) is 0 Å². The number of aryl methyl sites for hydroxylation is 1. The normalized spacial score (nSPS) is 14.5. The lowest BCUT2D eigenvalue weighted by molar-refractivity contribution is 0.140. The zero-order valence-electron chi connectivity index (χ0n) is 20.6. The van der Waals surface area contributed by atoms with Crippen LogP contribution in [0, 0.1) is 12.8 Å². The van der Waals surface area contributed by atoms with E-state index in [0.717, 1.165) is 35.2 Å². The van der Waals surface area contributed by atoms with E-state index in [1.54, 1.807) is 12.1 Å². The number of fused-ring (bicyclic) bond motifs is 1. The predicted molar refractivity (Wildman–Crippen MR) is 137 cm³/mol. The van der Waals surface area contributed by atoms with Gasteiger partial charge in [-0.25, -0.2) is 13.6 Å². The minimum atomic E-state index is -2.53. The molecule has 2 N–H and O–H groups in total. The number of hydrogen-bond acceptors (Lipinski definition) is 5. The lowest BCUT2D eigenvalue weighted by Crippen LogP contribution is -2.31. The molecule has 0 spiro atoms. The van der Waals surface area contributed by atoms with Crippen LogP contribution >= 0.6 is 0 Å². The first-order valence-electron chi connectivity index (χ1n) is 12.3. The van der Waals surface area contributed by atoms with E-state index in [4.69, 9.17) is 4.74 Å². The summed E-state index contributed by atoms with van der Waals surface area (Å²) < 4.78 is 33.1. The number of anilines is 1. The molecule has 2 heterocycles. The van der Waals surface area contributed by atoms with Crippen LogP contribution in [0.3, 0.4) is 0 Å². The van der Waals surface area contributed by atoms with Gasteiger partial charge in [-0.15, -0.1) is 0 Å². The minimum absolute atomic E-state index is 0.0319. The Morgan fingerprint density at radius 3 is 2.54 bits per heavy atom. The third-order valence-electron chi connectivity index (χ3n) is 7.01. The number of rotatable bonds is 8.